The van der Waals surface area contributed by atoms with Crippen molar-refractivity contribution in [1.82, 2.24) is 0 Å². The van der Waals surface area contributed by atoms with E-state index in [0.29, 0.717) is 11.7 Å². The molecule has 0 bridgehead atoms. The molecular formula is C15H19NOS. The molecule has 1 atom stereocenters. The molecule has 2 nitrogen and oxygen atoms in total. The second kappa shape index (κ2) is 5.44. The third kappa shape index (κ3) is 2.85. The van der Waals surface area contributed by atoms with Crippen LogP contribution in [0.2, 0.25) is 0 Å². The Bertz CT molecular complexity index is 505. The van der Waals surface area contributed by atoms with Crippen molar-refractivity contribution in [2.24, 2.45) is 5.92 Å². The van der Waals surface area contributed by atoms with Crippen LogP contribution in [0.25, 0.3) is 0 Å². The highest BCUT2D eigenvalue weighted by Crippen LogP contribution is 2.31. The number of hydrogen-bond acceptors (Lipinski definition) is 3. The lowest BCUT2D eigenvalue weighted by atomic mass is 10.0. The van der Waals surface area contributed by atoms with Crippen LogP contribution in [-0.4, -0.2) is 5.11 Å². The first-order valence-corrected chi connectivity index (χ1v) is 7.05. The van der Waals surface area contributed by atoms with Gasteiger partial charge in [0, 0.05) is 16.6 Å². The van der Waals surface area contributed by atoms with E-state index in [1.54, 1.807) is 17.4 Å². The van der Waals surface area contributed by atoms with Crippen molar-refractivity contribution in [3.63, 3.8) is 0 Å². The van der Waals surface area contributed by atoms with E-state index in [4.69, 9.17) is 0 Å². The quantitative estimate of drug-likeness (QED) is 0.845. The van der Waals surface area contributed by atoms with Gasteiger partial charge in [0.25, 0.3) is 0 Å². The molecular weight excluding hydrogens is 242 g/mol. The number of thiophene rings is 1. The van der Waals surface area contributed by atoms with E-state index in [2.05, 4.69) is 36.7 Å². The summed E-state index contributed by atoms with van der Waals surface area (Å²) < 4.78 is 0. The van der Waals surface area contributed by atoms with Crippen LogP contribution in [0.4, 0.5) is 5.69 Å². The maximum absolute atomic E-state index is 9.74. The average molecular weight is 261 g/mol. The molecule has 0 saturated heterocycles. The molecule has 0 amide bonds. The highest BCUT2D eigenvalue weighted by atomic mass is 32.1. The van der Waals surface area contributed by atoms with Gasteiger partial charge in [-0.1, -0.05) is 26.0 Å². The van der Waals surface area contributed by atoms with Crippen LogP contribution in [0.3, 0.4) is 0 Å². The van der Waals surface area contributed by atoms with Crippen molar-refractivity contribution in [2.75, 3.05) is 5.32 Å². The van der Waals surface area contributed by atoms with E-state index in [9.17, 15) is 5.11 Å². The largest absolute Gasteiger partial charge is 0.508 e. The molecule has 96 valence electrons. The summed E-state index contributed by atoms with van der Waals surface area (Å²) in [6, 6.07) is 10.2. The molecule has 0 aliphatic rings. The lowest BCUT2D eigenvalue weighted by Crippen LogP contribution is -2.15. The Hall–Kier alpha value is -1.48. The molecule has 0 saturated carbocycles. The predicted octanol–water partition coefficient (Wildman–Crippen LogP) is 4.57. The maximum atomic E-state index is 9.74. The molecule has 1 aromatic carbocycles. The van der Waals surface area contributed by atoms with Gasteiger partial charge in [-0.2, -0.15) is 0 Å². The molecule has 2 N–H and O–H groups in total. The van der Waals surface area contributed by atoms with Crippen molar-refractivity contribution in [3.8, 4) is 5.75 Å². The number of hydrogen-bond donors (Lipinski definition) is 2. The van der Waals surface area contributed by atoms with Crippen molar-refractivity contribution in [3.05, 3.63) is 46.2 Å². The SMILES string of the molecule is Cc1ccc(NC(c2cccs2)C(C)C)cc1O. The van der Waals surface area contributed by atoms with E-state index in [-0.39, 0.29) is 6.04 Å². The molecule has 0 aliphatic carbocycles. The fourth-order valence-electron chi connectivity index (χ4n) is 1.91. The van der Waals surface area contributed by atoms with Crippen molar-refractivity contribution < 1.29 is 5.11 Å². The highest BCUT2D eigenvalue weighted by Gasteiger charge is 2.16. The summed E-state index contributed by atoms with van der Waals surface area (Å²) in [5.74, 6) is 0.834. The Kier molecular flexibility index (Phi) is 3.92. The van der Waals surface area contributed by atoms with Crippen molar-refractivity contribution in [1.29, 1.82) is 0 Å². The Morgan fingerprint density at radius 3 is 2.56 bits per heavy atom. The van der Waals surface area contributed by atoms with Gasteiger partial charge in [-0.3, -0.25) is 0 Å². The molecule has 1 aromatic heterocycles. The minimum absolute atomic E-state index is 0.284. The van der Waals surface area contributed by atoms with E-state index >= 15 is 0 Å². The summed E-state index contributed by atoms with van der Waals surface area (Å²) in [7, 11) is 0. The first kappa shape index (κ1) is 13.0. The molecule has 0 radical (unpaired) electrons. The van der Waals surface area contributed by atoms with Crippen LogP contribution in [0, 0.1) is 12.8 Å². The minimum atomic E-state index is 0.284. The predicted molar refractivity (Wildman–Crippen MR) is 78.4 cm³/mol. The summed E-state index contributed by atoms with van der Waals surface area (Å²) in [6.45, 7) is 6.30. The van der Waals surface area contributed by atoms with Crippen LogP contribution >= 0.6 is 11.3 Å². The van der Waals surface area contributed by atoms with Gasteiger partial charge in [0.2, 0.25) is 0 Å². The molecule has 2 aromatic rings. The van der Waals surface area contributed by atoms with Crippen LogP contribution in [0.1, 0.15) is 30.3 Å². The number of benzene rings is 1. The van der Waals surface area contributed by atoms with Gasteiger partial charge in [0.1, 0.15) is 5.75 Å². The van der Waals surface area contributed by atoms with Crippen molar-refractivity contribution >= 4 is 17.0 Å². The molecule has 1 unspecified atom stereocenters. The smallest absolute Gasteiger partial charge is 0.120 e. The van der Waals surface area contributed by atoms with Crippen LogP contribution in [0.5, 0.6) is 5.75 Å². The zero-order valence-corrected chi connectivity index (χ0v) is 11.8. The normalized spacial score (nSPS) is 12.7. The van der Waals surface area contributed by atoms with Gasteiger partial charge in [-0.15, -0.1) is 11.3 Å². The molecule has 0 aliphatic heterocycles. The number of aryl methyl sites for hydroxylation is 1. The maximum Gasteiger partial charge on any atom is 0.120 e. The third-order valence-corrected chi connectivity index (χ3v) is 4.00. The second-order valence-corrected chi connectivity index (χ2v) is 5.86. The van der Waals surface area contributed by atoms with E-state index in [0.717, 1.165) is 11.3 Å². The van der Waals surface area contributed by atoms with Gasteiger partial charge >= 0.3 is 0 Å². The summed E-state index contributed by atoms with van der Waals surface area (Å²) in [5.41, 5.74) is 1.86. The molecule has 3 heteroatoms. The number of anilines is 1. The molecule has 2 rings (SSSR count). The topological polar surface area (TPSA) is 32.3 Å². The lowest BCUT2D eigenvalue weighted by Gasteiger charge is -2.22. The number of phenols is 1. The fourth-order valence-corrected chi connectivity index (χ4v) is 2.86. The van der Waals surface area contributed by atoms with Crippen LogP contribution in [-0.2, 0) is 0 Å². The van der Waals surface area contributed by atoms with Gasteiger partial charge in [-0.25, -0.2) is 0 Å². The van der Waals surface area contributed by atoms with Crippen LogP contribution in [0.15, 0.2) is 35.7 Å². The molecule has 0 fully saturated rings. The molecule has 1 heterocycles. The standard InChI is InChI=1S/C15H19NOS/c1-10(2)15(14-5-4-8-18-14)16-12-7-6-11(3)13(17)9-12/h4-10,15-17H,1-3H3. The lowest BCUT2D eigenvalue weighted by molar-refractivity contribution is 0.471. The summed E-state index contributed by atoms with van der Waals surface area (Å²) in [5, 5.41) is 15.3. The fraction of sp³-hybridized carbons (Fsp3) is 0.333. The summed E-state index contributed by atoms with van der Waals surface area (Å²) in [6.07, 6.45) is 0. The van der Waals surface area contributed by atoms with Gasteiger partial charge in [-0.05, 0) is 35.9 Å². The Balaban J connectivity index is 2.21. The highest BCUT2D eigenvalue weighted by molar-refractivity contribution is 7.10. The Morgan fingerprint density at radius 2 is 2.00 bits per heavy atom. The minimum Gasteiger partial charge on any atom is -0.508 e. The van der Waals surface area contributed by atoms with E-state index in [1.165, 1.54) is 4.88 Å². The van der Waals surface area contributed by atoms with E-state index in [1.807, 2.05) is 19.1 Å². The van der Waals surface area contributed by atoms with Crippen LogP contribution < -0.4 is 5.32 Å². The molecule has 18 heavy (non-hydrogen) atoms. The second-order valence-electron chi connectivity index (χ2n) is 4.88. The van der Waals surface area contributed by atoms with Crippen molar-refractivity contribution in [2.45, 2.75) is 26.8 Å². The Morgan fingerprint density at radius 1 is 1.22 bits per heavy atom. The molecule has 0 spiro atoms. The number of nitrogens with one attached hydrogen (secondary N) is 1. The van der Waals surface area contributed by atoms with Gasteiger partial charge < -0.3 is 10.4 Å². The zero-order chi connectivity index (χ0) is 13.1. The number of phenolic OH excluding ortho intramolecular Hbond substituents is 1. The first-order valence-electron chi connectivity index (χ1n) is 6.17. The first-order chi connectivity index (χ1) is 8.58. The zero-order valence-electron chi connectivity index (χ0n) is 11.0. The summed E-state index contributed by atoms with van der Waals surface area (Å²) in [4.78, 5) is 1.32. The third-order valence-electron chi connectivity index (χ3n) is 3.05. The van der Waals surface area contributed by atoms with E-state index < -0.39 is 0 Å². The number of aromatic hydroxyl groups is 1. The summed E-state index contributed by atoms with van der Waals surface area (Å²) >= 11 is 1.76. The average Bonchev–Trinajstić information content (AvgIpc) is 2.83. The van der Waals surface area contributed by atoms with Gasteiger partial charge in [0.05, 0.1) is 6.04 Å². The van der Waals surface area contributed by atoms with Gasteiger partial charge in [0.15, 0.2) is 0 Å². The number of rotatable bonds is 4. The monoisotopic (exact) mass is 261 g/mol. The Labute approximate surface area is 112 Å².